The van der Waals surface area contributed by atoms with Crippen molar-refractivity contribution in [3.63, 3.8) is 0 Å². The molecule has 0 radical (unpaired) electrons. The number of benzene rings is 22. The van der Waals surface area contributed by atoms with Gasteiger partial charge in [-0.05, 0) is 218 Å². The lowest BCUT2D eigenvalue weighted by molar-refractivity contribution is 0.672. The summed E-state index contributed by atoms with van der Waals surface area (Å²) in [5.41, 5.74) is 18.8. The minimum Gasteiger partial charge on any atom is -0.455 e. The summed E-state index contributed by atoms with van der Waals surface area (Å²) in [4.78, 5) is 0. The van der Waals surface area contributed by atoms with Crippen molar-refractivity contribution in [2.75, 3.05) is 0 Å². The number of hydrogen-bond donors (Lipinski definition) is 0. The van der Waals surface area contributed by atoms with E-state index in [1.165, 1.54) is 184 Å². The van der Waals surface area contributed by atoms with E-state index in [1.54, 1.807) is 0 Å². The summed E-state index contributed by atoms with van der Waals surface area (Å²) < 4.78 is 15.7. The topological polar surface area (TPSA) is 26.3 Å². The number of furan rings is 2. The van der Waals surface area contributed by atoms with E-state index in [2.05, 4.69) is 413 Å². The molecule has 0 atom stereocenters. The van der Waals surface area contributed by atoms with Crippen LogP contribution in [-0.2, 0) is 0 Å². The molecular weight excluding hydrogens is 1410 g/mol. The Hall–Kier alpha value is -14.7. The fourth-order valence-corrected chi connectivity index (χ4v) is 20.0. The van der Waals surface area contributed by atoms with Crippen LogP contribution in [0.1, 0.15) is 0 Å². The van der Waals surface area contributed by atoms with Gasteiger partial charge in [0, 0.05) is 52.5 Å². The van der Waals surface area contributed by atoms with Crippen LogP contribution in [0.4, 0.5) is 0 Å². The molecule has 25 aromatic rings. The summed E-state index contributed by atoms with van der Waals surface area (Å²) in [6, 6.07) is 149. The second kappa shape index (κ2) is 27.0. The molecule has 25 rings (SSSR count). The van der Waals surface area contributed by atoms with Gasteiger partial charge < -0.3 is 8.83 Å². The highest BCUT2D eigenvalue weighted by molar-refractivity contribution is 7.26. The first kappa shape index (κ1) is 66.1. The van der Waals surface area contributed by atoms with Gasteiger partial charge in [-0.15, -0.1) is 11.3 Å². The predicted molar refractivity (Wildman–Crippen MR) is 494 cm³/mol. The molecule has 0 N–H and O–H groups in total. The van der Waals surface area contributed by atoms with Gasteiger partial charge in [0.2, 0.25) is 0 Å². The molecule has 0 aliphatic heterocycles. The first-order valence-electron chi connectivity index (χ1n) is 39.5. The SMILES string of the molecule is c1ccc(-c2c3ccccc3c(-c3ccc4c(c3)oc3c5ccccc5ccc43)c3ccccc23)cc1.c1ccc(-c2c3ccccc3c(-c3ccc4sc5c6ccccc6ccc5c4c3)c3ccccc23)cc1.c1ccc2cc(-c3c4ccccc4c(-c4ccc5oc6c7ccccc7ccc6c5c4)c4ccccc34)ccc2c1. The van der Waals surface area contributed by atoms with Crippen LogP contribution in [0.3, 0.4) is 0 Å². The molecule has 0 saturated heterocycles. The molecule has 3 heteroatoms. The molecule has 0 amide bonds. The van der Waals surface area contributed by atoms with E-state index in [0.717, 1.165) is 54.6 Å². The van der Waals surface area contributed by atoms with Gasteiger partial charge >= 0.3 is 0 Å². The lowest BCUT2D eigenvalue weighted by Crippen LogP contribution is -1.91. The molecule has 22 aromatic carbocycles. The van der Waals surface area contributed by atoms with E-state index in [-0.39, 0.29) is 0 Å². The van der Waals surface area contributed by atoms with Crippen LogP contribution < -0.4 is 0 Å². The molecule has 0 aliphatic rings. The highest BCUT2D eigenvalue weighted by Crippen LogP contribution is 2.51. The first-order chi connectivity index (χ1) is 57.1. The van der Waals surface area contributed by atoms with Crippen molar-refractivity contribution in [3.05, 3.63) is 413 Å². The van der Waals surface area contributed by atoms with Gasteiger partial charge in [-0.1, -0.05) is 358 Å². The average molecular weight is 1480 g/mol. The standard InChI is InChI=1S/C40H24O.C36H22O.C36H22S/c1-2-11-27-23-28(18-17-25(27)9-1)38-31-13-5-7-15-33(31)39(34-16-8-6-14-32(34)38)29-20-22-37-36(24-29)35-21-19-26-10-3-4-12-30(26)40(35)41-37;1-2-11-24(12-3-1)34-28-14-6-8-16-30(28)35(31-17-9-7-15-29(31)34)25-19-20-27-32-21-18-23-10-4-5-13-26(23)36(32)37-33(27)22-25;1-2-11-24(12-3-1)34-27-14-6-8-16-29(27)35(30-17-9-7-15-28(30)34)25-19-21-33-32(22-25)31-20-18-23-10-4-5-13-26(23)36(31)37-33/h1-24H;2*1-22H. The van der Waals surface area contributed by atoms with Gasteiger partial charge in [0.1, 0.15) is 22.3 Å². The fraction of sp³-hybridized carbons (Fsp3) is 0. The molecular formula is C112H68O2S. The molecule has 0 aliphatic carbocycles. The zero-order valence-corrected chi connectivity index (χ0v) is 63.3. The van der Waals surface area contributed by atoms with Gasteiger partial charge in [0.15, 0.2) is 0 Å². The summed E-state index contributed by atoms with van der Waals surface area (Å²) in [6.45, 7) is 0. The summed E-state index contributed by atoms with van der Waals surface area (Å²) >= 11 is 1.90. The predicted octanol–water partition coefficient (Wildman–Crippen LogP) is 32.8. The van der Waals surface area contributed by atoms with Crippen LogP contribution in [0.25, 0.3) is 239 Å². The minimum atomic E-state index is 0.918. The zero-order chi connectivity index (χ0) is 75.6. The van der Waals surface area contributed by atoms with E-state index >= 15 is 0 Å². The quantitative estimate of drug-likeness (QED) is 0.155. The van der Waals surface area contributed by atoms with Crippen LogP contribution in [-0.4, -0.2) is 0 Å². The average Bonchev–Trinajstić information content (AvgIpc) is 1.28. The van der Waals surface area contributed by atoms with Crippen molar-refractivity contribution in [1.82, 2.24) is 0 Å². The van der Waals surface area contributed by atoms with Gasteiger partial charge in [-0.3, -0.25) is 0 Å². The first-order valence-corrected chi connectivity index (χ1v) is 40.3. The van der Waals surface area contributed by atoms with Gasteiger partial charge in [0.25, 0.3) is 0 Å². The van der Waals surface area contributed by atoms with E-state index in [9.17, 15) is 0 Å². The molecule has 0 fully saturated rings. The van der Waals surface area contributed by atoms with Crippen molar-refractivity contribution in [3.8, 4) is 66.8 Å². The summed E-state index contributed by atoms with van der Waals surface area (Å²) in [7, 11) is 0. The smallest absolute Gasteiger partial charge is 0.143 e. The molecule has 2 nitrogen and oxygen atoms in total. The largest absolute Gasteiger partial charge is 0.455 e. The Morgan fingerprint density at radius 2 is 0.443 bits per heavy atom. The molecule has 0 spiro atoms. The highest BCUT2D eigenvalue weighted by Gasteiger charge is 2.23. The molecule has 534 valence electrons. The van der Waals surface area contributed by atoms with Crippen molar-refractivity contribution < 1.29 is 8.83 Å². The van der Waals surface area contributed by atoms with Gasteiger partial charge in [-0.25, -0.2) is 0 Å². The highest BCUT2D eigenvalue weighted by atomic mass is 32.1. The van der Waals surface area contributed by atoms with Gasteiger partial charge in [-0.2, -0.15) is 0 Å². The van der Waals surface area contributed by atoms with Crippen molar-refractivity contribution in [1.29, 1.82) is 0 Å². The number of hydrogen-bond acceptors (Lipinski definition) is 3. The van der Waals surface area contributed by atoms with Crippen molar-refractivity contribution in [2.45, 2.75) is 0 Å². The molecule has 3 heterocycles. The fourth-order valence-electron chi connectivity index (χ4n) is 18.8. The van der Waals surface area contributed by atoms with E-state index < -0.39 is 0 Å². The Morgan fingerprint density at radius 3 is 0.904 bits per heavy atom. The molecule has 115 heavy (non-hydrogen) atoms. The molecule has 3 aromatic heterocycles. The Bertz CT molecular complexity index is 8070. The number of thiophene rings is 1. The van der Waals surface area contributed by atoms with Crippen LogP contribution >= 0.6 is 11.3 Å². The van der Waals surface area contributed by atoms with Crippen LogP contribution in [0, 0.1) is 0 Å². The van der Waals surface area contributed by atoms with Crippen molar-refractivity contribution in [2.24, 2.45) is 0 Å². The maximum atomic E-state index is 6.55. The maximum Gasteiger partial charge on any atom is 0.143 e. The van der Waals surface area contributed by atoms with Crippen LogP contribution in [0.5, 0.6) is 0 Å². The third-order valence-electron chi connectivity index (χ3n) is 23.9. The number of fused-ring (bicyclic) bond motifs is 22. The molecule has 0 saturated carbocycles. The lowest BCUT2D eigenvalue weighted by Gasteiger charge is -2.18. The van der Waals surface area contributed by atoms with Crippen LogP contribution in [0.2, 0.25) is 0 Å². The third-order valence-corrected chi connectivity index (χ3v) is 25.1. The Morgan fingerprint density at radius 1 is 0.148 bits per heavy atom. The second-order valence-corrected chi connectivity index (χ2v) is 31.3. The van der Waals surface area contributed by atoms with Crippen molar-refractivity contribution >= 4 is 183 Å². The summed E-state index contributed by atoms with van der Waals surface area (Å²) in [6.07, 6.45) is 0. The monoisotopic (exact) mass is 1480 g/mol. The van der Waals surface area contributed by atoms with Gasteiger partial charge in [0.05, 0.1) is 0 Å². The third kappa shape index (κ3) is 10.8. The van der Waals surface area contributed by atoms with E-state index in [0.29, 0.717) is 0 Å². The molecule has 0 bridgehead atoms. The maximum absolute atomic E-state index is 6.55. The minimum absolute atomic E-state index is 0.918. The second-order valence-electron chi connectivity index (χ2n) is 30.2. The van der Waals surface area contributed by atoms with Crippen LogP contribution in [0.15, 0.2) is 421 Å². The summed E-state index contributed by atoms with van der Waals surface area (Å²) in [5, 5.41) is 32.4. The lowest BCUT2D eigenvalue weighted by atomic mass is 9.85. The number of rotatable bonds is 6. The summed E-state index contributed by atoms with van der Waals surface area (Å²) in [5.74, 6) is 0. The Kier molecular flexibility index (Phi) is 15.5. The van der Waals surface area contributed by atoms with E-state index in [4.69, 9.17) is 8.83 Å². The zero-order valence-electron chi connectivity index (χ0n) is 62.5. The van der Waals surface area contributed by atoms with E-state index in [1.807, 2.05) is 11.3 Å². The molecule has 0 unspecified atom stereocenters. The Labute approximate surface area is 666 Å². The normalized spacial score (nSPS) is 11.8. The Balaban J connectivity index is 0.000000102.